The molecule has 1 fully saturated rings. The molecule has 0 atom stereocenters. The molecule has 0 spiro atoms. The maximum atomic E-state index is 5.13. The van der Waals surface area contributed by atoms with Crippen molar-refractivity contribution in [2.45, 2.75) is 32.1 Å². The van der Waals surface area contributed by atoms with Crippen molar-refractivity contribution < 1.29 is 4.74 Å². The van der Waals surface area contributed by atoms with Crippen LogP contribution >= 0.6 is 12.2 Å². The fourth-order valence-corrected chi connectivity index (χ4v) is 2.22. The molecule has 0 aromatic rings. The standard InChI is InChI=1S/C11H22N2OS/c1-14-9-8-13-11(15)12-7-6-10-4-2-3-5-10/h10H,2-9H2,1H3,(H2,12,13,15). The van der Waals surface area contributed by atoms with E-state index in [2.05, 4.69) is 10.6 Å². The van der Waals surface area contributed by atoms with E-state index in [1.54, 1.807) is 7.11 Å². The van der Waals surface area contributed by atoms with Crippen LogP contribution in [0.4, 0.5) is 0 Å². The highest BCUT2D eigenvalue weighted by atomic mass is 32.1. The quantitative estimate of drug-likeness (QED) is 0.537. The SMILES string of the molecule is COCCNC(=S)NCCC1CCCC1. The van der Waals surface area contributed by atoms with Gasteiger partial charge in [-0.3, -0.25) is 0 Å². The minimum Gasteiger partial charge on any atom is -0.383 e. The monoisotopic (exact) mass is 230 g/mol. The van der Waals surface area contributed by atoms with Crippen molar-refractivity contribution in [3.63, 3.8) is 0 Å². The largest absolute Gasteiger partial charge is 0.383 e. The Morgan fingerprint density at radius 3 is 2.60 bits per heavy atom. The van der Waals surface area contributed by atoms with Crippen molar-refractivity contribution in [1.29, 1.82) is 0 Å². The average molecular weight is 230 g/mol. The molecule has 88 valence electrons. The van der Waals surface area contributed by atoms with Crippen molar-refractivity contribution in [3.8, 4) is 0 Å². The summed E-state index contributed by atoms with van der Waals surface area (Å²) in [5.74, 6) is 0.930. The van der Waals surface area contributed by atoms with Gasteiger partial charge in [-0.2, -0.15) is 0 Å². The Hall–Kier alpha value is -0.350. The van der Waals surface area contributed by atoms with E-state index < -0.39 is 0 Å². The van der Waals surface area contributed by atoms with Gasteiger partial charge >= 0.3 is 0 Å². The molecule has 1 rings (SSSR count). The summed E-state index contributed by atoms with van der Waals surface area (Å²) in [5.41, 5.74) is 0. The first-order chi connectivity index (χ1) is 7.33. The summed E-state index contributed by atoms with van der Waals surface area (Å²) in [6, 6.07) is 0. The molecule has 4 heteroatoms. The summed E-state index contributed by atoms with van der Waals surface area (Å²) in [5, 5.41) is 7.09. The van der Waals surface area contributed by atoms with Gasteiger partial charge < -0.3 is 15.4 Å². The van der Waals surface area contributed by atoms with Gasteiger partial charge in [-0.15, -0.1) is 0 Å². The molecule has 0 bridgehead atoms. The van der Waals surface area contributed by atoms with E-state index in [-0.39, 0.29) is 0 Å². The molecule has 15 heavy (non-hydrogen) atoms. The fourth-order valence-electron chi connectivity index (χ4n) is 2.02. The minimum absolute atomic E-state index is 0.699. The minimum atomic E-state index is 0.699. The molecule has 2 N–H and O–H groups in total. The Balaban J connectivity index is 1.91. The summed E-state index contributed by atoms with van der Waals surface area (Å²) < 4.78 is 4.93. The molecule has 0 saturated heterocycles. The summed E-state index contributed by atoms with van der Waals surface area (Å²) in [7, 11) is 1.69. The summed E-state index contributed by atoms with van der Waals surface area (Å²) in [4.78, 5) is 0. The first kappa shape index (κ1) is 12.7. The molecule has 1 saturated carbocycles. The summed E-state index contributed by atoms with van der Waals surface area (Å²) >= 11 is 5.13. The van der Waals surface area contributed by atoms with Gasteiger partial charge in [-0.1, -0.05) is 25.7 Å². The van der Waals surface area contributed by atoms with E-state index in [9.17, 15) is 0 Å². The normalized spacial score (nSPS) is 16.6. The molecular weight excluding hydrogens is 208 g/mol. The number of rotatable bonds is 6. The van der Waals surface area contributed by atoms with Gasteiger partial charge in [-0.25, -0.2) is 0 Å². The van der Waals surface area contributed by atoms with E-state index in [0.29, 0.717) is 6.61 Å². The van der Waals surface area contributed by atoms with E-state index in [1.807, 2.05) is 0 Å². The van der Waals surface area contributed by atoms with Crippen LogP contribution in [0.2, 0.25) is 0 Å². The van der Waals surface area contributed by atoms with Gasteiger partial charge in [0.05, 0.1) is 6.61 Å². The second-order valence-corrected chi connectivity index (χ2v) is 4.52. The number of thiocarbonyl (C=S) groups is 1. The number of nitrogens with one attached hydrogen (secondary N) is 2. The maximum Gasteiger partial charge on any atom is 0.166 e. The number of hydrogen-bond donors (Lipinski definition) is 2. The lowest BCUT2D eigenvalue weighted by Gasteiger charge is -2.12. The third-order valence-corrected chi connectivity index (χ3v) is 3.19. The highest BCUT2D eigenvalue weighted by Crippen LogP contribution is 2.26. The van der Waals surface area contributed by atoms with Gasteiger partial charge in [-0.05, 0) is 24.6 Å². The first-order valence-corrected chi connectivity index (χ1v) is 6.24. The van der Waals surface area contributed by atoms with Crippen molar-refractivity contribution in [3.05, 3.63) is 0 Å². The van der Waals surface area contributed by atoms with Crippen LogP contribution in [-0.2, 0) is 4.74 Å². The first-order valence-electron chi connectivity index (χ1n) is 5.83. The average Bonchev–Trinajstić information content (AvgIpc) is 2.71. The van der Waals surface area contributed by atoms with Gasteiger partial charge in [0.2, 0.25) is 0 Å². The zero-order valence-electron chi connectivity index (χ0n) is 9.55. The molecule has 0 heterocycles. The van der Waals surface area contributed by atoms with Crippen LogP contribution in [0.3, 0.4) is 0 Å². The van der Waals surface area contributed by atoms with Crippen molar-refractivity contribution in [2.24, 2.45) is 5.92 Å². The highest BCUT2D eigenvalue weighted by Gasteiger charge is 2.13. The van der Waals surface area contributed by atoms with E-state index in [4.69, 9.17) is 17.0 Å². The summed E-state index contributed by atoms with van der Waals surface area (Å²) in [6.07, 6.45) is 6.91. The number of ether oxygens (including phenoxy) is 1. The van der Waals surface area contributed by atoms with Gasteiger partial charge in [0.15, 0.2) is 5.11 Å². The van der Waals surface area contributed by atoms with Crippen LogP contribution in [0.15, 0.2) is 0 Å². The van der Waals surface area contributed by atoms with Gasteiger partial charge in [0.1, 0.15) is 0 Å². The lowest BCUT2D eigenvalue weighted by Crippen LogP contribution is -2.37. The van der Waals surface area contributed by atoms with Crippen molar-refractivity contribution in [2.75, 3.05) is 26.8 Å². The van der Waals surface area contributed by atoms with E-state index in [1.165, 1.54) is 32.1 Å². The molecule has 0 aliphatic heterocycles. The lowest BCUT2D eigenvalue weighted by atomic mass is 10.0. The predicted octanol–water partition coefficient (Wildman–Crippen LogP) is 1.68. The van der Waals surface area contributed by atoms with Gasteiger partial charge in [0, 0.05) is 20.2 Å². The Morgan fingerprint density at radius 2 is 1.93 bits per heavy atom. The van der Waals surface area contributed by atoms with Crippen LogP contribution in [0, 0.1) is 5.92 Å². The molecule has 0 unspecified atom stereocenters. The highest BCUT2D eigenvalue weighted by molar-refractivity contribution is 7.80. The molecular formula is C11H22N2OS. The molecule has 0 aromatic heterocycles. The predicted molar refractivity (Wildman–Crippen MR) is 67.1 cm³/mol. The van der Waals surface area contributed by atoms with Crippen LogP contribution in [0.1, 0.15) is 32.1 Å². The third-order valence-electron chi connectivity index (χ3n) is 2.90. The summed E-state index contributed by atoms with van der Waals surface area (Å²) in [6.45, 7) is 2.49. The Bertz CT molecular complexity index is 181. The molecule has 0 amide bonds. The van der Waals surface area contributed by atoms with Crippen molar-refractivity contribution >= 4 is 17.3 Å². The van der Waals surface area contributed by atoms with Crippen LogP contribution in [0.25, 0.3) is 0 Å². The topological polar surface area (TPSA) is 33.3 Å². The number of hydrogen-bond acceptors (Lipinski definition) is 2. The van der Waals surface area contributed by atoms with Crippen LogP contribution in [0.5, 0.6) is 0 Å². The number of methoxy groups -OCH3 is 1. The van der Waals surface area contributed by atoms with E-state index in [0.717, 1.165) is 24.1 Å². The zero-order chi connectivity index (χ0) is 10.9. The molecule has 1 aliphatic rings. The third kappa shape index (κ3) is 5.95. The molecule has 0 radical (unpaired) electrons. The van der Waals surface area contributed by atoms with Crippen LogP contribution < -0.4 is 10.6 Å². The smallest absolute Gasteiger partial charge is 0.166 e. The Morgan fingerprint density at radius 1 is 1.27 bits per heavy atom. The Kier molecular flexibility index (Phi) is 6.68. The van der Waals surface area contributed by atoms with Crippen molar-refractivity contribution in [1.82, 2.24) is 10.6 Å². The zero-order valence-corrected chi connectivity index (χ0v) is 10.4. The maximum absolute atomic E-state index is 5.13. The molecule has 0 aromatic carbocycles. The Labute approximate surface area is 98.0 Å². The molecule has 3 nitrogen and oxygen atoms in total. The molecule has 1 aliphatic carbocycles. The second-order valence-electron chi connectivity index (χ2n) is 4.11. The lowest BCUT2D eigenvalue weighted by molar-refractivity contribution is 0.204. The second kappa shape index (κ2) is 7.88. The fraction of sp³-hybridized carbons (Fsp3) is 0.909. The van der Waals surface area contributed by atoms with Crippen LogP contribution in [-0.4, -0.2) is 31.9 Å². The van der Waals surface area contributed by atoms with E-state index >= 15 is 0 Å². The van der Waals surface area contributed by atoms with Gasteiger partial charge in [0.25, 0.3) is 0 Å².